The van der Waals surface area contributed by atoms with Crippen LogP contribution in [0.3, 0.4) is 0 Å². The second kappa shape index (κ2) is 6.76. The third-order valence-corrected chi connectivity index (χ3v) is 5.87. The Bertz CT molecular complexity index is 621. The van der Waals surface area contributed by atoms with Crippen molar-refractivity contribution in [3.8, 4) is 0 Å². The van der Waals surface area contributed by atoms with Crippen LogP contribution in [0.4, 0.5) is 0 Å². The Hall–Kier alpha value is -1.45. The maximum atomic E-state index is 12.7. The number of nitrogens with zero attached hydrogens (tertiary/aromatic N) is 2. The molecule has 1 aliphatic heterocycles. The highest BCUT2D eigenvalue weighted by Crippen LogP contribution is 2.27. The third kappa shape index (κ3) is 3.31. The molecular formula is C13H22N4O4S. The van der Waals surface area contributed by atoms with Crippen LogP contribution in [0.5, 0.6) is 0 Å². The van der Waals surface area contributed by atoms with Crippen LogP contribution in [0.15, 0.2) is 9.42 Å². The Kier molecular flexibility index (Phi) is 5.20. The van der Waals surface area contributed by atoms with Gasteiger partial charge in [-0.25, -0.2) is 8.42 Å². The Morgan fingerprint density at radius 2 is 2.23 bits per heavy atom. The summed E-state index contributed by atoms with van der Waals surface area (Å²) in [4.78, 5) is 12.1. The van der Waals surface area contributed by atoms with Gasteiger partial charge >= 0.3 is 0 Å². The van der Waals surface area contributed by atoms with E-state index in [0.717, 1.165) is 0 Å². The van der Waals surface area contributed by atoms with Crippen molar-refractivity contribution in [2.24, 2.45) is 11.7 Å². The minimum atomic E-state index is -3.69. The standard InChI is InChI=1S/C13H22N4O4S/c1-9-12(10(2)21-16-9)22(19,20)17-7-3-4-11(8-17)13(18)15-6-5-14/h11H,3-8,14H2,1-2H3,(H,15,18). The summed E-state index contributed by atoms with van der Waals surface area (Å²) in [5, 5.41) is 6.41. The van der Waals surface area contributed by atoms with Crippen LogP contribution in [0.2, 0.25) is 0 Å². The van der Waals surface area contributed by atoms with E-state index in [4.69, 9.17) is 10.3 Å². The van der Waals surface area contributed by atoms with Crippen molar-refractivity contribution >= 4 is 15.9 Å². The summed E-state index contributed by atoms with van der Waals surface area (Å²) in [6.45, 7) is 4.49. The molecule has 1 amide bonds. The zero-order valence-corrected chi connectivity index (χ0v) is 13.6. The third-order valence-electron chi connectivity index (χ3n) is 3.76. The molecule has 22 heavy (non-hydrogen) atoms. The van der Waals surface area contributed by atoms with Gasteiger partial charge in [0.05, 0.1) is 5.92 Å². The van der Waals surface area contributed by atoms with Crippen LogP contribution in [-0.4, -0.2) is 50.0 Å². The van der Waals surface area contributed by atoms with Gasteiger partial charge in [0.25, 0.3) is 0 Å². The van der Waals surface area contributed by atoms with Gasteiger partial charge in [0.1, 0.15) is 10.6 Å². The molecular weight excluding hydrogens is 308 g/mol. The largest absolute Gasteiger partial charge is 0.360 e. The Labute approximate surface area is 130 Å². The average Bonchev–Trinajstić information content (AvgIpc) is 2.84. The van der Waals surface area contributed by atoms with E-state index in [0.29, 0.717) is 38.2 Å². The van der Waals surface area contributed by atoms with Gasteiger partial charge in [-0.2, -0.15) is 4.31 Å². The average molecular weight is 330 g/mol. The second-order valence-corrected chi connectivity index (χ2v) is 7.31. The number of amides is 1. The molecule has 0 spiro atoms. The molecule has 1 fully saturated rings. The summed E-state index contributed by atoms with van der Waals surface area (Å²) in [6, 6.07) is 0. The molecule has 3 N–H and O–H groups in total. The van der Waals surface area contributed by atoms with Gasteiger partial charge in [0, 0.05) is 26.2 Å². The molecule has 2 heterocycles. The number of hydrogen-bond acceptors (Lipinski definition) is 6. The number of aromatic nitrogens is 1. The molecule has 0 radical (unpaired) electrons. The summed E-state index contributed by atoms with van der Waals surface area (Å²) in [7, 11) is -3.69. The number of nitrogens with two attached hydrogens (primary N) is 1. The van der Waals surface area contributed by atoms with Gasteiger partial charge < -0.3 is 15.6 Å². The van der Waals surface area contributed by atoms with Gasteiger partial charge in [-0.15, -0.1) is 0 Å². The first-order valence-electron chi connectivity index (χ1n) is 7.28. The van der Waals surface area contributed by atoms with Crippen LogP contribution in [0, 0.1) is 19.8 Å². The van der Waals surface area contributed by atoms with Crippen LogP contribution < -0.4 is 11.1 Å². The van der Waals surface area contributed by atoms with Crippen molar-refractivity contribution < 1.29 is 17.7 Å². The number of sulfonamides is 1. The maximum Gasteiger partial charge on any atom is 0.248 e. The smallest absolute Gasteiger partial charge is 0.248 e. The topological polar surface area (TPSA) is 119 Å². The molecule has 1 unspecified atom stereocenters. The highest BCUT2D eigenvalue weighted by molar-refractivity contribution is 7.89. The monoisotopic (exact) mass is 330 g/mol. The summed E-state index contributed by atoms with van der Waals surface area (Å²) >= 11 is 0. The van der Waals surface area contributed by atoms with E-state index in [9.17, 15) is 13.2 Å². The molecule has 8 nitrogen and oxygen atoms in total. The van der Waals surface area contributed by atoms with Gasteiger partial charge in [-0.1, -0.05) is 5.16 Å². The van der Waals surface area contributed by atoms with Crippen molar-refractivity contribution in [3.63, 3.8) is 0 Å². The van der Waals surface area contributed by atoms with E-state index < -0.39 is 10.0 Å². The molecule has 0 aromatic carbocycles. The second-order valence-electron chi connectivity index (χ2n) is 5.44. The molecule has 0 saturated carbocycles. The first-order valence-corrected chi connectivity index (χ1v) is 8.72. The first kappa shape index (κ1) is 16.9. The number of aryl methyl sites for hydroxylation is 2. The number of nitrogens with one attached hydrogen (secondary N) is 1. The molecule has 1 saturated heterocycles. The van der Waals surface area contributed by atoms with Crippen molar-refractivity contribution in [3.05, 3.63) is 11.5 Å². The van der Waals surface area contributed by atoms with Crippen molar-refractivity contribution in [2.45, 2.75) is 31.6 Å². The highest BCUT2D eigenvalue weighted by Gasteiger charge is 2.36. The van der Waals surface area contributed by atoms with E-state index in [1.807, 2.05) is 0 Å². The van der Waals surface area contributed by atoms with E-state index in [1.54, 1.807) is 13.8 Å². The molecule has 2 rings (SSSR count). The molecule has 0 bridgehead atoms. The zero-order chi connectivity index (χ0) is 16.3. The molecule has 0 aliphatic carbocycles. The van der Waals surface area contributed by atoms with Crippen LogP contribution in [0.25, 0.3) is 0 Å². The van der Waals surface area contributed by atoms with Crippen molar-refractivity contribution in [2.75, 3.05) is 26.2 Å². The first-order chi connectivity index (χ1) is 10.4. The summed E-state index contributed by atoms with van der Waals surface area (Å²) < 4.78 is 31.8. The van der Waals surface area contributed by atoms with Gasteiger partial charge in [-0.3, -0.25) is 4.79 Å². The lowest BCUT2D eigenvalue weighted by Gasteiger charge is -2.31. The SMILES string of the molecule is Cc1noc(C)c1S(=O)(=O)N1CCCC(C(=O)NCCN)C1. The molecule has 1 aliphatic rings. The van der Waals surface area contributed by atoms with Crippen molar-refractivity contribution in [1.29, 1.82) is 0 Å². The molecule has 9 heteroatoms. The summed E-state index contributed by atoms with van der Waals surface area (Å²) in [5.41, 5.74) is 5.70. The Morgan fingerprint density at radius 3 is 2.82 bits per heavy atom. The zero-order valence-electron chi connectivity index (χ0n) is 12.8. The summed E-state index contributed by atoms with van der Waals surface area (Å²) in [6.07, 6.45) is 1.31. The Balaban J connectivity index is 2.17. The maximum absolute atomic E-state index is 12.7. The fourth-order valence-electron chi connectivity index (χ4n) is 2.69. The number of carbonyl (C=O) groups is 1. The predicted molar refractivity (Wildman–Crippen MR) is 79.5 cm³/mol. The van der Waals surface area contributed by atoms with Gasteiger partial charge in [0.2, 0.25) is 15.9 Å². The molecule has 1 aromatic rings. The fraction of sp³-hybridized carbons (Fsp3) is 0.692. The van der Waals surface area contributed by atoms with Crippen LogP contribution in [-0.2, 0) is 14.8 Å². The van der Waals surface area contributed by atoms with Crippen LogP contribution >= 0.6 is 0 Å². The van der Waals surface area contributed by atoms with E-state index in [-0.39, 0.29) is 29.0 Å². The lowest BCUT2D eigenvalue weighted by molar-refractivity contribution is -0.126. The van der Waals surface area contributed by atoms with E-state index in [2.05, 4.69) is 10.5 Å². The fourth-order valence-corrected chi connectivity index (χ4v) is 4.50. The predicted octanol–water partition coefficient (Wildman–Crippen LogP) is -0.233. The number of carbonyl (C=O) groups excluding carboxylic acids is 1. The lowest BCUT2D eigenvalue weighted by atomic mass is 9.99. The quantitative estimate of drug-likeness (QED) is 0.769. The molecule has 1 aromatic heterocycles. The van der Waals surface area contributed by atoms with E-state index in [1.165, 1.54) is 4.31 Å². The molecule has 124 valence electrons. The van der Waals surface area contributed by atoms with Gasteiger partial charge in [-0.05, 0) is 26.7 Å². The van der Waals surface area contributed by atoms with E-state index >= 15 is 0 Å². The Morgan fingerprint density at radius 1 is 1.50 bits per heavy atom. The minimum Gasteiger partial charge on any atom is -0.360 e. The number of rotatable bonds is 5. The highest BCUT2D eigenvalue weighted by atomic mass is 32.2. The molecule has 1 atom stereocenters. The summed E-state index contributed by atoms with van der Waals surface area (Å²) in [5.74, 6) is -0.230. The normalized spacial score (nSPS) is 20.0. The number of piperidine rings is 1. The lowest BCUT2D eigenvalue weighted by Crippen LogP contribution is -2.46. The van der Waals surface area contributed by atoms with Crippen LogP contribution in [0.1, 0.15) is 24.3 Å². The van der Waals surface area contributed by atoms with Gasteiger partial charge in [0.15, 0.2) is 5.76 Å². The minimum absolute atomic E-state index is 0.107. The van der Waals surface area contributed by atoms with Crippen molar-refractivity contribution in [1.82, 2.24) is 14.8 Å². The number of hydrogen-bond donors (Lipinski definition) is 2.